The first kappa shape index (κ1) is 16.7. The number of hydrogen-bond acceptors (Lipinski definition) is 4. The summed E-state index contributed by atoms with van der Waals surface area (Å²) in [5, 5.41) is 0. The lowest BCUT2D eigenvalue weighted by atomic mass is 10.0. The topological polar surface area (TPSA) is 52.6 Å². The van der Waals surface area contributed by atoms with Gasteiger partial charge < -0.3 is 9.47 Å². The smallest absolute Gasteiger partial charge is 0.334 e. The molecule has 4 nitrogen and oxygen atoms in total. The molecule has 0 saturated heterocycles. The molecule has 104 valence electrons. The van der Waals surface area contributed by atoms with E-state index in [0.29, 0.717) is 24.0 Å². The van der Waals surface area contributed by atoms with E-state index >= 15 is 0 Å². The molecule has 0 fully saturated rings. The molecule has 0 radical (unpaired) electrons. The predicted octanol–water partition coefficient (Wildman–Crippen LogP) is 3.01. The van der Waals surface area contributed by atoms with Crippen molar-refractivity contribution in [3.63, 3.8) is 0 Å². The number of esters is 2. The van der Waals surface area contributed by atoms with E-state index in [1.54, 1.807) is 27.7 Å². The lowest BCUT2D eigenvalue weighted by molar-refractivity contribution is -0.146. The Balaban J connectivity index is 5.16. The Morgan fingerprint density at radius 3 is 1.22 bits per heavy atom. The van der Waals surface area contributed by atoms with Crippen molar-refractivity contribution in [2.24, 2.45) is 0 Å². The molecule has 0 heterocycles. The van der Waals surface area contributed by atoms with Crippen LogP contribution in [0.5, 0.6) is 0 Å². The van der Waals surface area contributed by atoms with Gasteiger partial charge >= 0.3 is 11.9 Å². The van der Waals surface area contributed by atoms with Crippen molar-refractivity contribution in [2.75, 3.05) is 0 Å². The van der Waals surface area contributed by atoms with Gasteiger partial charge in [-0.15, -0.1) is 0 Å². The van der Waals surface area contributed by atoms with Gasteiger partial charge in [0, 0.05) is 11.1 Å². The van der Waals surface area contributed by atoms with Crippen LogP contribution in [-0.4, -0.2) is 24.1 Å². The molecule has 0 unspecified atom stereocenters. The number of rotatable bonds is 6. The first-order valence-electron chi connectivity index (χ1n) is 6.47. The second-order valence-electron chi connectivity index (χ2n) is 4.57. The molecule has 0 bridgehead atoms. The lowest BCUT2D eigenvalue weighted by Crippen LogP contribution is -2.20. The first-order valence-corrected chi connectivity index (χ1v) is 6.47. The molecule has 4 heteroatoms. The van der Waals surface area contributed by atoms with Gasteiger partial charge in [0.1, 0.15) is 0 Å². The third-order valence-corrected chi connectivity index (χ3v) is 2.25. The number of ether oxygens (including phenoxy) is 2. The van der Waals surface area contributed by atoms with Gasteiger partial charge in [-0.05, 0) is 40.5 Å². The van der Waals surface area contributed by atoms with E-state index < -0.39 is 11.9 Å². The van der Waals surface area contributed by atoms with Crippen molar-refractivity contribution in [1.82, 2.24) is 0 Å². The standard InChI is InChI=1S/C14H24O4/c1-7-11(13(15)17-9(3)4)12(8-2)14(16)18-10(5)6/h9-10H,7-8H2,1-6H3/b12-11+. The van der Waals surface area contributed by atoms with Crippen molar-refractivity contribution < 1.29 is 19.1 Å². The Kier molecular flexibility index (Phi) is 7.32. The van der Waals surface area contributed by atoms with Gasteiger partial charge in [-0.1, -0.05) is 13.8 Å². The Morgan fingerprint density at radius 2 is 1.06 bits per heavy atom. The van der Waals surface area contributed by atoms with Crippen molar-refractivity contribution in [1.29, 1.82) is 0 Å². The fraction of sp³-hybridized carbons (Fsp3) is 0.714. The van der Waals surface area contributed by atoms with Crippen LogP contribution in [0.1, 0.15) is 54.4 Å². The van der Waals surface area contributed by atoms with E-state index in [1.807, 2.05) is 13.8 Å². The minimum Gasteiger partial charge on any atom is -0.460 e. The summed E-state index contributed by atoms with van der Waals surface area (Å²) in [4.78, 5) is 23.8. The Labute approximate surface area is 109 Å². The molecule has 0 aliphatic carbocycles. The fourth-order valence-electron chi connectivity index (χ4n) is 1.53. The molecule has 0 saturated carbocycles. The normalized spacial score (nSPS) is 12.4. The molecule has 0 N–H and O–H groups in total. The van der Waals surface area contributed by atoms with Gasteiger partial charge in [0.15, 0.2) is 0 Å². The summed E-state index contributed by atoms with van der Waals surface area (Å²) in [6, 6.07) is 0. The Hall–Kier alpha value is -1.32. The van der Waals surface area contributed by atoms with Crippen molar-refractivity contribution in [2.45, 2.75) is 66.6 Å². The van der Waals surface area contributed by atoms with Gasteiger partial charge in [-0.25, -0.2) is 9.59 Å². The minimum absolute atomic E-state index is 0.196. The van der Waals surface area contributed by atoms with Crippen molar-refractivity contribution in [3.05, 3.63) is 11.1 Å². The van der Waals surface area contributed by atoms with Crippen LogP contribution in [-0.2, 0) is 19.1 Å². The van der Waals surface area contributed by atoms with Crippen LogP contribution in [0.15, 0.2) is 11.1 Å². The molecule has 18 heavy (non-hydrogen) atoms. The number of hydrogen-bond donors (Lipinski definition) is 0. The average Bonchev–Trinajstić information content (AvgIpc) is 2.22. The molecule has 0 aliphatic heterocycles. The highest BCUT2D eigenvalue weighted by atomic mass is 16.5. The largest absolute Gasteiger partial charge is 0.460 e. The van der Waals surface area contributed by atoms with E-state index in [9.17, 15) is 9.59 Å². The number of carbonyl (C=O) groups excluding carboxylic acids is 2. The molecule has 0 atom stereocenters. The van der Waals surface area contributed by atoms with E-state index in [-0.39, 0.29) is 12.2 Å². The predicted molar refractivity (Wildman–Crippen MR) is 70.1 cm³/mol. The summed E-state index contributed by atoms with van der Waals surface area (Å²) in [5.41, 5.74) is 0.828. The van der Waals surface area contributed by atoms with E-state index in [4.69, 9.17) is 9.47 Å². The van der Waals surface area contributed by atoms with Crippen LogP contribution in [0, 0.1) is 0 Å². The second-order valence-corrected chi connectivity index (χ2v) is 4.57. The van der Waals surface area contributed by atoms with Crippen molar-refractivity contribution >= 4 is 11.9 Å². The second kappa shape index (κ2) is 7.90. The Morgan fingerprint density at radius 1 is 0.778 bits per heavy atom. The van der Waals surface area contributed by atoms with Crippen LogP contribution in [0.2, 0.25) is 0 Å². The van der Waals surface area contributed by atoms with Crippen LogP contribution in [0.3, 0.4) is 0 Å². The van der Waals surface area contributed by atoms with Crippen LogP contribution in [0.4, 0.5) is 0 Å². The molecular formula is C14H24O4. The van der Waals surface area contributed by atoms with E-state index in [0.717, 1.165) is 0 Å². The van der Waals surface area contributed by atoms with Crippen LogP contribution < -0.4 is 0 Å². The summed E-state index contributed by atoms with van der Waals surface area (Å²) in [6.45, 7) is 10.8. The summed E-state index contributed by atoms with van der Waals surface area (Å²) >= 11 is 0. The van der Waals surface area contributed by atoms with Crippen LogP contribution >= 0.6 is 0 Å². The molecule has 0 spiro atoms. The summed E-state index contributed by atoms with van der Waals surface area (Å²) in [6.07, 6.45) is 0.528. The van der Waals surface area contributed by atoms with Gasteiger partial charge in [-0.2, -0.15) is 0 Å². The third-order valence-electron chi connectivity index (χ3n) is 2.25. The number of carbonyl (C=O) groups is 2. The van der Waals surface area contributed by atoms with Crippen LogP contribution in [0.25, 0.3) is 0 Å². The molecular weight excluding hydrogens is 232 g/mol. The van der Waals surface area contributed by atoms with E-state index in [2.05, 4.69) is 0 Å². The minimum atomic E-state index is -0.426. The average molecular weight is 256 g/mol. The molecule has 0 amide bonds. The Bertz CT molecular complexity index is 295. The molecule has 0 rings (SSSR count). The maximum atomic E-state index is 11.9. The highest BCUT2D eigenvalue weighted by Crippen LogP contribution is 2.17. The summed E-state index contributed by atoms with van der Waals surface area (Å²) < 4.78 is 10.3. The molecule has 0 aromatic rings. The molecule has 0 aromatic carbocycles. The maximum absolute atomic E-state index is 11.9. The zero-order valence-electron chi connectivity index (χ0n) is 12.2. The zero-order valence-corrected chi connectivity index (χ0v) is 12.2. The first-order chi connectivity index (χ1) is 8.33. The highest BCUT2D eigenvalue weighted by Gasteiger charge is 2.21. The van der Waals surface area contributed by atoms with Gasteiger partial charge in [-0.3, -0.25) is 0 Å². The fourth-order valence-corrected chi connectivity index (χ4v) is 1.53. The quantitative estimate of drug-likeness (QED) is 0.541. The van der Waals surface area contributed by atoms with Gasteiger partial charge in [0.2, 0.25) is 0 Å². The highest BCUT2D eigenvalue weighted by molar-refractivity contribution is 6.00. The zero-order chi connectivity index (χ0) is 14.3. The van der Waals surface area contributed by atoms with Gasteiger partial charge in [0.05, 0.1) is 12.2 Å². The van der Waals surface area contributed by atoms with E-state index in [1.165, 1.54) is 0 Å². The SMILES string of the molecule is CC/C(C(=O)OC(C)C)=C(/CC)C(=O)OC(C)C. The summed E-state index contributed by atoms with van der Waals surface area (Å²) in [7, 11) is 0. The molecule has 0 aromatic heterocycles. The lowest BCUT2D eigenvalue weighted by Gasteiger charge is -2.15. The maximum Gasteiger partial charge on any atom is 0.334 e. The van der Waals surface area contributed by atoms with Gasteiger partial charge in [0.25, 0.3) is 0 Å². The molecule has 0 aliphatic rings. The summed E-state index contributed by atoms with van der Waals surface area (Å²) in [5.74, 6) is -0.852. The third kappa shape index (κ3) is 5.34. The van der Waals surface area contributed by atoms with Crippen molar-refractivity contribution in [3.8, 4) is 0 Å². The monoisotopic (exact) mass is 256 g/mol.